The molecule has 1 aliphatic rings. The second-order valence-electron chi connectivity index (χ2n) is 10.6. The van der Waals surface area contributed by atoms with Gasteiger partial charge in [-0.05, 0) is 56.2 Å². The Bertz CT molecular complexity index is 1120. The van der Waals surface area contributed by atoms with Gasteiger partial charge in [0.05, 0.1) is 12.5 Å². The highest BCUT2D eigenvalue weighted by Gasteiger charge is 2.37. The molecule has 226 valence electrons. The van der Waals surface area contributed by atoms with E-state index in [2.05, 4.69) is 16.0 Å². The van der Waals surface area contributed by atoms with Gasteiger partial charge in [-0.15, -0.1) is 0 Å². The van der Waals surface area contributed by atoms with Crippen molar-refractivity contribution < 1.29 is 44.1 Å². The molecular weight excluding hydrogens is 538 g/mol. The van der Waals surface area contributed by atoms with Crippen LogP contribution in [0.3, 0.4) is 0 Å². The van der Waals surface area contributed by atoms with Gasteiger partial charge in [-0.3, -0.25) is 24.0 Å². The number of benzene rings is 1. The van der Waals surface area contributed by atoms with Crippen molar-refractivity contribution in [3.05, 3.63) is 29.8 Å². The number of likely N-dealkylation sites (tertiary alicyclic amines) is 1. The van der Waals surface area contributed by atoms with Crippen molar-refractivity contribution in [1.29, 1.82) is 0 Å². The largest absolute Gasteiger partial charge is 0.508 e. The number of rotatable bonds is 14. The molecule has 0 aliphatic carbocycles. The second kappa shape index (κ2) is 15.0. The quantitative estimate of drug-likeness (QED) is 0.147. The van der Waals surface area contributed by atoms with Gasteiger partial charge in [0.2, 0.25) is 23.6 Å². The van der Waals surface area contributed by atoms with Crippen LogP contribution in [0.25, 0.3) is 0 Å². The van der Waals surface area contributed by atoms with Gasteiger partial charge in [-0.25, -0.2) is 4.79 Å². The zero-order valence-electron chi connectivity index (χ0n) is 23.3. The van der Waals surface area contributed by atoms with E-state index in [-0.39, 0.29) is 31.1 Å². The lowest BCUT2D eigenvalue weighted by atomic mass is 10.0. The second-order valence-corrected chi connectivity index (χ2v) is 10.6. The number of carboxylic acids is 2. The molecule has 1 heterocycles. The molecule has 41 heavy (non-hydrogen) atoms. The predicted molar refractivity (Wildman–Crippen MR) is 145 cm³/mol. The molecule has 0 saturated carbocycles. The number of carbonyl (C=O) groups excluding carboxylic acids is 4. The Morgan fingerprint density at radius 2 is 1.51 bits per heavy atom. The number of carboxylic acid groups (broad SMARTS) is 2. The molecule has 0 spiro atoms. The average molecular weight is 578 g/mol. The molecule has 4 amide bonds. The Morgan fingerprint density at radius 3 is 2.07 bits per heavy atom. The molecule has 14 heteroatoms. The van der Waals surface area contributed by atoms with Crippen molar-refractivity contribution >= 4 is 35.6 Å². The monoisotopic (exact) mass is 577 g/mol. The Hall–Kier alpha value is -4.20. The van der Waals surface area contributed by atoms with Crippen LogP contribution in [0.5, 0.6) is 5.75 Å². The lowest BCUT2D eigenvalue weighted by Gasteiger charge is -2.28. The van der Waals surface area contributed by atoms with Gasteiger partial charge in [0.1, 0.15) is 29.9 Å². The number of nitrogens with zero attached hydrogens (tertiary/aromatic N) is 1. The van der Waals surface area contributed by atoms with Crippen LogP contribution in [0.4, 0.5) is 0 Å². The Labute approximate surface area is 237 Å². The fraction of sp³-hybridized carbons (Fsp3) is 0.556. The summed E-state index contributed by atoms with van der Waals surface area (Å²) < 4.78 is 0. The maximum absolute atomic E-state index is 13.1. The summed E-state index contributed by atoms with van der Waals surface area (Å²) in [5, 5.41) is 35.4. The maximum atomic E-state index is 13.1. The van der Waals surface area contributed by atoms with E-state index in [1.165, 1.54) is 24.0 Å². The molecule has 2 rings (SSSR count). The van der Waals surface area contributed by atoms with E-state index in [1.54, 1.807) is 26.0 Å². The first-order valence-electron chi connectivity index (χ1n) is 13.4. The number of carbonyl (C=O) groups is 6. The SMILES string of the molecule is CC(C)C[C@H](NC(=O)[C@H](CC(=O)O)NC(=O)[C@@H](N)Cc1ccc(O)cc1)C(=O)N[C@@H](C)C(=O)N1CCC[C@H]1C(=O)O. The van der Waals surface area contributed by atoms with E-state index in [1.807, 2.05) is 0 Å². The van der Waals surface area contributed by atoms with Crippen molar-refractivity contribution in [3.63, 3.8) is 0 Å². The number of nitrogens with two attached hydrogens (primary N) is 1. The molecular formula is C27H39N5O9. The van der Waals surface area contributed by atoms with Gasteiger partial charge in [0.25, 0.3) is 0 Å². The van der Waals surface area contributed by atoms with E-state index in [0.717, 1.165) is 0 Å². The number of phenols is 1. The molecule has 14 nitrogen and oxygen atoms in total. The van der Waals surface area contributed by atoms with Crippen LogP contribution in [0.1, 0.15) is 52.0 Å². The minimum absolute atomic E-state index is 0.0317. The predicted octanol–water partition coefficient (Wildman–Crippen LogP) is -0.667. The summed E-state index contributed by atoms with van der Waals surface area (Å²) in [5.41, 5.74) is 6.58. The summed E-state index contributed by atoms with van der Waals surface area (Å²) >= 11 is 0. The van der Waals surface area contributed by atoms with Gasteiger partial charge in [0.15, 0.2) is 0 Å². The van der Waals surface area contributed by atoms with Crippen molar-refractivity contribution in [2.75, 3.05) is 6.54 Å². The molecule has 0 bridgehead atoms. The first-order chi connectivity index (χ1) is 19.2. The number of nitrogens with one attached hydrogen (secondary N) is 3. The van der Waals surface area contributed by atoms with Gasteiger partial charge in [0, 0.05) is 6.54 Å². The van der Waals surface area contributed by atoms with E-state index in [9.17, 15) is 44.1 Å². The Morgan fingerprint density at radius 1 is 0.927 bits per heavy atom. The van der Waals surface area contributed by atoms with Gasteiger partial charge in [-0.2, -0.15) is 0 Å². The summed E-state index contributed by atoms with van der Waals surface area (Å²) in [7, 11) is 0. The van der Waals surface area contributed by atoms with Crippen LogP contribution < -0.4 is 21.7 Å². The normalized spacial score (nSPS) is 17.7. The third kappa shape index (κ3) is 10.0. The summed E-state index contributed by atoms with van der Waals surface area (Å²) in [6.07, 6.45) is 0.235. The summed E-state index contributed by atoms with van der Waals surface area (Å²) in [6, 6.07) is 0.0569. The lowest BCUT2D eigenvalue weighted by Crippen LogP contribution is -2.58. The fourth-order valence-corrected chi connectivity index (χ4v) is 4.53. The van der Waals surface area contributed by atoms with Crippen LogP contribution in [0.2, 0.25) is 0 Å². The van der Waals surface area contributed by atoms with Gasteiger partial charge >= 0.3 is 11.9 Å². The molecule has 1 fully saturated rings. The third-order valence-corrected chi connectivity index (χ3v) is 6.63. The summed E-state index contributed by atoms with van der Waals surface area (Å²) in [5.74, 6) is -5.58. The molecule has 1 aromatic rings. The average Bonchev–Trinajstić information content (AvgIpc) is 3.38. The molecule has 1 aromatic carbocycles. The number of aliphatic carboxylic acids is 2. The zero-order chi connectivity index (χ0) is 30.9. The summed E-state index contributed by atoms with van der Waals surface area (Å²) in [6.45, 7) is 5.24. The minimum atomic E-state index is -1.55. The van der Waals surface area contributed by atoms with Gasteiger partial charge in [-0.1, -0.05) is 26.0 Å². The highest BCUT2D eigenvalue weighted by atomic mass is 16.4. The van der Waals surface area contributed by atoms with Crippen molar-refractivity contribution in [3.8, 4) is 5.75 Å². The highest BCUT2D eigenvalue weighted by Crippen LogP contribution is 2.18. The molecule has 0 aromatic heterocycles. The molecule has 8 N–H and O–H groups in total. The molecule has 5 atom stereocenters. The van der Waals surface area contributed by atoms with Crippen LogP contribution in [0.15, 0.2) is 24.3 Å². The van der Waals surface area contributed by atoms with Crippen LogP contribution in [0, 0.1) is 5.92 Å². The topological polar surface area (TPSA) is 228 Å². The van der Waals surface area contributed by atoms with Crippen molar-refractivity contribution in [2.24, 2.45) is 11.7 Å². The molecule has 0 radical (unpaired) electrons. The smallest absolute Gasteiger partial charge is 0.326 e. The van der Waals surface area contributed by atoms with E-state index in [4.69, 9.17) is 5.73 Å². The van der Waals surface area contributed by atoms with E-state index < -0.39 is 72.2 Å². The van der Waals surface area contributed by atoms with E-state index >= 15 is 0 Å². The lowest BCUT2D eigenvalue weighted by molar-refractivity contribution is -0.149. The van der Waals surface area contributed by atoms with Crippen LogP contribution in [-0.2, 0) is 35.2 Å². The van der Waals surface area contributed by atoms with Crippen LogP contribution >= 0.6 is 0 Å². The Kier molecular flexibility index (Phi) is 12.1. The highest BCUT2D eigenvalue weighted by molar-refractivity contribution is 5.96. The number of hydrogen-bond acceptors (Lipinski definition) is 8. The number of hydrogen-bond donors (Lipinski definition) is 7. The van der Waals surface area contributed by atoms with Crippen molar-refractivity contribution in [2.45, 2.75) is 83.1 Å². The number of phenolic OH excluding ortho intramolecular Hbond substituents is 1. The molecule has 0 unspecified atom stereocenters. The fourth-order valence-electron chi connectivity index (χ4n) is 4.53. The first kappa shape index (κ1) is 33.0. The zero-order valence-corrected chi connectivity index (χ0v) is 23.3. The third-order valence-electron chi connectivity index (χ3n) is 6.63. The maximum Gasteiger partial charge on any atom is 0.326 e. The number of amides is 4. The Balaban J connectivity index is 2.09. The first-order valence-corrected chi connectivity index (χ1v) is 13.4. The molecule has 1 saturated heterocycles. The minimum Gasteiger partial charge on any atom is -0.508 e. The molecule has 1 aliphatic heterocycles. The summed E-state index contributed by atoms with van der Waals surface area (Å²) in [4.78, 5) is 75.9. The van der Waals surface area contributed by atoms with Gasteiger partial charge < -0.3 is 41.9 Å². The van der Waals surface area contributed by atoms with Crippen molar-refractivity contribution in [1.82, 2.24) is 20.9 Å². The van der Waals surface area contributed by atoms with E-state index in [0.29, 0.717) is 18.4 Å². The number of aromatic hydroxyl groups is 1. The van der Waals surface area contributed by atoms with Crippen LogP contribution in [-0.4, -0.2) is 92.5 Å². The standard InChI is InChI=1S/C27H39N5O9/c1-14(2)11-19(24(37)29-15(3)26(39)32-10-4-5-21(32)27(40)41)31-25(38)20(13-22(34)35)30-23(36)18(28)12-16-6-8-17(33)9-7-16/h6-9,14-15,18-21,33H,4-5,10-13,28H2,1-3H3,(H,29,37)(H,30,36)(H,31,38)(H,34,35)(H,40,41)/t15-,18-,19-,20-,21-/m0/s1.